The highest BCUT2D eigenvalue weighted by molar-refractivity contribution is 6.34. The number of halogens is 8. The van der Waals surface area contributed by atoms with E-state index in [0.717, 1.165) is 24.3 Å². The van der Waals surface area contributed by atoms with E-state index in [1.54, 1.807) is 0 Å². The lowest BCUT2D eigenvalue weighted by Gasteiger charge is -2.10. The molecule has 256 valence electrons. The molecule has 0 bridgehead atoms. The maximum atomic E-state index is 12.7. The molecule has 4 N–H and O–H groups in total. The number of H-pyrrole nitrogens is 2. The molecule has 6 aromatic rings. The van der Waals surface area contributed by atoms with Crippen LogP contribution >= 0.6 is 23.2 Å². The largest absolute Gasteiger partial charge is 0.416 e. The van der Waals surface area contributed by atoms with Crippen molar-refractivity contribution < 1.29 is 35.9 Å². The Morgan fingerprint density at radius 1 is 0.560 bits per heavy atom. The third-order valence-corrected chi connectivity index (χ3v) is 7.48. The molecule has 6 rings (SSSR count). The third-order valence-electron chi connectivity index (χ3n) is 6.90. The number of alkyl halides is 6. The van der Waals surface area contributed by atoms with Crippen LogP contribution in [0.3, 0.4) is 0 Å². The molecule has 2 aromatic heterocycles. The molecule has 10 nitrogen and oxygen atoms in total. The number of fused-ring (bicyclic) bond motifs is 2. The Hall–Kier alpha value is -5.74. The van der Waals surface area contributed by atoms with E-state index in [4.69, 9.17) is 23.2 Å². The van der Waals surface area contributed by atoms with Crippen LogP contribution in [0.25, 0.3) is 21.5 Å². The van der Waals surface area contributed by atoms with E-state index >= 15 is 0 Å². The molecule has 0 aliphatic rings. The molecular formula is C32H18Cl2F6N6O4. The summed E-state index contributed by atoms with van der Waals surface area (Å²) in [5, 5.41) is 17.4. The van der Waals surface area contributed by atoms with Gasteiger partial charge in [-0.25, -0.2) is 10.2 Å². The Morgan fingerprint density at radius 3 is 1.46 bits per heavy atom. The summed E-state index contributed by atoms with van der Waals surface area (Å²) in [6.07, 6.45) is -9.02. The Labute approximate surface area is 285 Å². The van der Waals surface area contributed by atoms with E-state index in [1.165, 1.54) is 60.7 Å². The number of anilines is 2. The zero-order valence-corrected chi connectivity index (χ0v) is 26.1. The first-order valence-corrected chi connectivity index (χ1v) is 14.6. The Morgan fingerprint density at radius 2 is 0.980 bits per heavy atom. The number of hydrogen-bond acceptors (Lipinski definition) is 6. The number of carbonyl (C=O) groups excluding carboxylic acids is 2. The molecule has 0 fully saturated rings. The molecule has 0 atom stereocenters. The minimum absolute atomic E-state index is 0.00307. The summed E-state index contributed by atoms with van der Waals surface area (Å²) in [5.74, 6) is -1.30. The molecule has 0 saturated carbocycles. The maximum absolute atomic E-state index is 12.7. The number of carbonyl (C=O) groups is 2. The van der Waals surface area contributed by atoms with Gasteiger partial charge in [0.2, 0.25) is 0 Å². The summed E-state index contributed by atoms with van der Waals surface area (Å²) >= 11 is 11.8. The van der Waals surface area contributed by atoms with E-state index in [9.17, 15) is 45.5 Å². The predicted molar refractivity (Wildman–Crippen MR) is 174 cm³/mol. The van der Waals surface area contributed by atoms with Gasteiger partial charge in [-0.15, -0.1) is 0 Å². The Bertz CT molecular complexity index is 2400. The van der Waals surface area contributed by atoms with Gasteiger partial charge in [-0.1, -0.05) is 41.4 Å². The van der Waals surface area contributed by atoms with E-state index in [-0.39, 0.29) is 49.0 Å². The van der Waals surface area contributed by atoms with Crippen molar-refractivity contribution >= 4 is 67.9 Å². The third kappa shape index (κ3) is 8.10. The maximum Gasteiger partial charge on any atom is 0.416 e. The average Bonchev–Trinajstić information content (AvgIpc) is 3.07. The highest BCUT2D eigenvalue weighted by Crippen LogP contribution is 2.32. The highest BCUT2D eigenvalue weighted by Gasteiger charge is 2.31. The quantitative estimate of drug-likeness (QED) is 0.136. The van der Waals surface area contributed by atoms with Crippen LogP contribution in [0, 0.1) is 0 Å². The van der Waals surface area contributed by atoms with E-state index in [0.29, 0.717) is 5.39 Å². The molecule has 0 unspecified atom stereocenters. The molecule has 0 radical (unpaired) electrons. The summed E-state index contributed by atoms with van der Waals surface area (Å²) in [7, 11) is 0. The number of nitrogens with zero attached hydrogens (tertiary/aromatic N) is 2. The molecule has 0 aliphatic heterocycles. The van der Waals surface area contributed by atoms with Crippen LogP contribution in [0.4, 0.5) is 37.7 Å². The van der Waals surface area contributed by atoms with Crippen molar-refractivity contribution in [2.75, 3.05) is 10.6 Å². The minimum atomic E-state index is -4.51. The van der Waals surface area contributed by atoms with Gasteiger partial charge in [0.05, 0.1) is 21.9 Å². The molecule has 2 heterocycles. The lowest BCUT2D eigenvalue weighted by atomic mass is 10.1. The van der Waals surface area contributed by atoms with Gasteiger partial charge in [-0.2, -0.15) is 36.5 Å². The molecule has 2 amide bonds. The van der Waals surface area contributed by atoms with Crippen molar-refractivity contribution in [1.82, 2.24) is 20.4 Å². The first kappa shape index (κ1) is 35.6. The van der Waals surface area contributed by atoms with Crippen molar-refractivity contribution in [2.24, 2.45) is 0 Å². The second kappa shape index (κ2) is 14.0. The van der Waals surface area contributed by atoms with Gasteiger partial charge in [-0.05, 0) is 66.7 Å². The molecule has 0 aliphatic carbocycles. The minimum Gasteiger partial charge on any atom is -0.322 e. The van der Waals surface area contributed by atoms with Gasteiger partial charge in [-0.3, -0.25) is 19.2 Å². The fourth-order valence-corrected chi connectivity index (χ4v) is 4.91. The first-order chi connectivity index (χ1) is 23.5. The number of aromatic amines is 2. The summed E-state index contributed by atoms with van der Waals surface area (Å²) in [4.78, 5) is 48.0. The summed E-state index contributed by atoms with van der Waals surface area (Å²) < 4.78 is 76.3. The Balaban J connectivity index is 0.000000194. The van der Waals surface area contributed by atoms with E-state index in [1.807, 2.05) is 0 Å². The van der Waals surface area contributed by atoms with E-state index < -0.39 is 46.4 Å². The topological polar surface area (TPSA) is 150 Å². The summed E-state index contributed by atoms with van der Waals surface area (Å²) in [5.41, 5.74) is -2.55. The highest BCUT2D eigenvalue weighted by atomic mass is 35.5. The average molecular weight is 735 g/mol. The van der Waals surface area contributed by atoms with Gasteiger partial charge >= 0.3 is 12.4 Å². The summed E-state index contributed by atoms with van der Waals surface area (Å²) in [6.45, 7) is 0. The van der Waals surface area contributed by atoms with Gasteiger partial charge < -0.3 is 10.6 Å². The van der Waals surface area contributed by atoms with Gasteiger partial charge in [0.1, 0.15) is 0 Å². The molecule has 4 aromatic carbocycles. The predicted octanol–water partition coefficient (Wildman–Crippen LogP) is 7.70. The molecular weight excluding hydrogens is 717 g/mol. The van der Waals surface area contributed by atoms with Crippen LogP contribution in [-0.2, 0) is 12.4 Å². The fraction of sp³-hybridized carbons (Fsp3) is 0.0625. The SMILES string of the molecule is O=C(Nc1cccc(C(F)(F)F)c1)c1ccc2c(=O)[nH]nc(Cl)c2c1.O=C(Nc1cccc(C(F)(F)F)c1)c1ccc2c(Cl)n[nH]c(=O)c2c1. The fourth-order valence-electron chi connectivity index (χ4n) is 4.50. The van der Waals surface area contributed by atoms with Crippen LogP contribution in [0.15, 0.2) is 94.5 Å². The van der Waals surface area contributed by atoms with Crippen LogP contribution < -0.4 is 21.8 Å². The molecule has 0 spiro atoms. The summed E-state index contributed by atoms with van der Waals surface area (Å²) in [6, 6.07) is 16.8. The molecule has 0 saturated heterocycles. The zero-order chi connectivity index (χ0) is 36.4. The van der Waals surface area contributed by atoms with Crippen molar-refractivity contribution in [1.29, 1.82) is 0 Å². The van der Waals surface area contributed by atoms with Gasteiger partial charge in [0, 0.05) is 33.3 Å². The lowest BCUT2D eigenvalue weighted by molar-refractivity contribution is -0.138. The van der Waals surface area contributed by atoms with E-state index in [2.05, 4.69) is 31.0 Å². The molecule has 18 heteroatoms. The van der Waals surface area contributed by atoms with Crippen LogP contribution in [0.2, 0.25) is 10.3 Å². The smallest absolute Gasteiger partial charge is 0.322 e. The van der Waals surface area contributed by atoms with Gasteiger partial charge in [0.25, 0.3) is 22.9 Å². The molecule has 50 heavy (non-hydrogen) atoms. The normalized spacial score (nSPS) is 11.5. The van der Waals surface area contributed by atoms with Crippen molar-refractivity contribution in [3.8, 4) is 0 Å². The zero-order valence-electron chi connectivity index (χ0n) is 24.6. The number of rotatable bonds is 4. The number of benzene rings is 4. The van der Waals surface area contributed by atoms with Crippen LogP contribution in [0.5, 0.6) is 0 Å². The van der Waals surface area contributed by atoms with Crippen LogP contribution in [0.1, 0.15) is 31.8 Å². The number of aromatic nitrogens is 4. The van der Waals surface area contributed by atoms with Crippen molar-refractivity contribution in [2.45, 2.75) is 12.4 Å². The first-order valence-electron chi connectivity index (χ1n) is 13.8. The number of nitrogens with one attached hydrogen (secondary N) is 4. The monoisotopic (exact) mass is 734 g/mol. The van der Waals surface area contributed by atoms with Crippen LogP contribution in [-0.4, -0.2) is 32.2 Å². The lowest BCUT2D eigenvalue weighted by Crippen LogP contribution is -2.15. The Kier molecular flexibility index (Phi) is 9.96. The standard InChI is InChI=1S/2C16H9ClF3N3O2/c17-13-12-6-8(4-5-11(12)15(25)23-22-13)14(24)21-10-3-1-2-9(7-10)16(18,19)20;17-13-11-5-4-8(6-12(11)15(25)23-22-13)14(24)21-10-3-1-2-9(7-10)16(18,19)20/h2*1-7H,(H,21,24)(H,23,25). The second-order valence-electron chi connectivity index (χ2n) is 10.3. The van der Waals surface area contributed by atoms with Gasteiger partial charge in [0.15, 0.2) is 10.3 Å². The number of amides is 2. The number of hydrogen-bond donors (Lipinski definition) is 4. The van der Waals surface area contributed by atoms with Crippen molar-refractivity contribution in [3.63, 3.8) is 0 Å². The van der Waals surface area contributed by atoms with Crippen molar-refractivity contribution in [3.05, 3.63) is 138 Å². The second-order valence-corrected chi connectivity index (χ2v) is 11.0.